The molecule has 2 bridgehead atoms. The van der Waals surface area contributed by atoms with Crippen LogP contribution in [0, 0.1) is 11.3 Å². The fourth-order valence-electron chi connectivity index (χ4n) is 2.28. The topological polar surface area (TPSA) is 73.5 Å². The molecule has 2 saturated heterocycles. The van der Waals surface area contributed by atoms with Gasteiger partial charge in [-0.05, 0) is 24.3 Å². The zero-order chi connectivity index (χ0) is 13.4. The summed E-state index contributed by atoms with van der Waals surface area (Å²) in [5.41, 5.74) is 0.252. The minimum absolute atomic E-state index is 0.158. The van der Waals surface area contributed by atoms with Crippen molar-refractivity contribution in [3.05, 3.63) is 29.8 Å². The maximum absolute atomic E-state index is 10.2. The molecule has 0 unspecified atom stereocenters. The fraction of sp³-hybridized carbons (Fsp3) is 0.462. The van der Waals surface area contributed by atoms with Gasteiger partial charge in [0.15, 0.2) is 0 Å². The van der Waals surface area contributed by atoms with Crippen LogP contribution in [0.5, 0.6) is 0 Å². The molecule has 100 valence electrons. The van der Waals surface area contributed by atoms with Gasteiger partial charge in [0.1, 0.15) is 11.5 Å². The molecular formula is C13H13NO3S2. The summed E-state index contributed by atoms with van der Waals surface area (Å²) in [7, 11) is 0. The van der Waals surface area contributed by atoms with Crippen molar-refractivity contribution in [3.8, 4) is 6.07 Å². The van der Waals surface area contributed by atoms with Crippen LogP contribution in [-0.2, 0) is 4.74 Å². The fourth-order valence-corrected chi connectivity index (χ4v) is 4.85. The van der Waals surface area contributed by atoms with Crippen molar-refractivity contribution in [3.63, 3.8) is 0 Å². The Morgan fingerprint density at radius 1 is 1.26 bits per heavy atom. The largest absolute Gasteiger partial charge is 0.389 e. The van der Waals surface area contributed by atoms with Crippen LogP contribution < -0.4 is 0 Å². The summed E-state index contributed by atoms with van der Waals surface area (Å²) in [6.07, 6.45) is -1.44. The molecule has 2 aliphatic heterocycles. The molecule has 0 amide bonds. The Bertz CT molecular complexity index is 502. The third-order valence-electron chi connectivity index (χ3n) is 3.33. The zero-order valence-electron chi connectivity index (χ0n) is 9.97. The van der Waals surface area contributed by atoms with E-state index in [1.54, 1.807) is 23.9 Å². The van der Waals surface area contributed by atoms with E-state index in [4.69, 9.17) is 10.00 Å². The van der Waals surface area contributed by atoms with E-state index >= 15 is 0 Å². The Balaban J connectivity index is 1.71. The van der Waals surface area contributed by atoms with Crippen molar-refractivity contribution in [2.24, 2.45) is 0 Å². The van der Waals surface area contributed by atoms with Gasteiger partial charge in [0.2, 0.25) is 0 Å². The molecule has 0 aliphatic carbocycles. The Labute approximate surface area is 119 Å². The van der Waals surface area contributed by atoms with Crippen molar-refractivity contribution in [1.82, 2.24) is 0 Å². The van der Waals surface area contributed by atoms with Gasteiger partial charge in [-0.15, -0.1) is 0 Å². The van der Waals surface area contributed by atoms with Crippen LogP contribution in [0.3, 0.4) is 0 Å². The van der Waals surface area contributed by atoms with Gasteiger partial charge >= 0.3 is 0 Å². The molecule has 2 aliphatic rings. The number of thioether (sulfide) groups is 2. The lowest BCUT2D eigenvalue weighted by Crippen LogP contribution is -2.50. The van der Waals surface area contributed by atoms with Crippen LogP contribution in [0.25, 0.3) is 0 Å². The molecule has 6 heteroatoms. The van der Waals surface area contributed by atoms with Crippen LogP contribution in [0.15, 0.2) is 29.2 Å². The molecule has 2 heterocycles. The molecule has 3 rings (SSSR count). The van der Waals surface area contributed by atoms with Crippen molar-refractivity contribution in [1.29, 1.82) is 5.26 Å². The summed E-state index contributed by atoms with van der Waals surface area (Å²) in [6.45, 7) is 0. The first-order chi connectivity index (χ1) is 9.19. The minimum atomic E-state index is -0.681. The summed E-state index contributed by atoms with van der Waals surface area (Å²) in [4.78, 5) is 0.948. The number of rotatable bonds is 2. The summed E-state index contributed by atoms with van der Waals surface area (Å²) in [5.74, 6) is 0.729. The number of aliphatic hydroxyl groups is 2. The van der Waals surface area contributed by atoms with Gasteiger partial charge in [0, 0.05) is 10.6 Å². The normalized spacial score (nSPS) is 37.0. The molecule has 5 atom stereocenters. The van der Waals surface area contributed by atoms with E-state index < -0.39 is 12.2 Å². The highest BCUT2D eigenvalue weighted by atomic mass is 32.2. The maximum atomic E-state index is 10.2. The highest BCUT2D eigenvalue weighted by Crippen LogP contribution is 2.43. The number of hydrogen-bond acceptors (Lipinski definition) is 6. The van der Waals surface area contributed by atoms with Gasteiger partial charge in [-0.25, -0.2) is 0 Å². The lowest BCUT2D eigenvalue weighted by Gasteiger charge is -2.35. The number of aliphatic hydroxyl groups excluding tert-OH is 2. The van der Waals surface area contributed by atoms with Gasteiger partial charge in [-0.3, -0.25) is 0 Å². The minimum Gasteiger partial charge on any atom is -0.389 e. The molecule has 0 aromatic heterocycles. The smallest absolute Gasteiger partial charge is 0.135 e. The molecular weight excluding hydrogens is 282 g/mol. The predicted molar refractivity (Wildman–Crippen MR) is 73.9 cm³/mol. The molecule has 1 aromatic carbocycles. The van der Waals surface area contributed by atoms with E-state index in [0.717, 1.165) is 10.6 Å². The van der Waals surface area contributed by atoms with E-state index in [-0.39, 0.29) is 16.8 Å². The van der Waals surface area contributed by atoms with Crippen molar-refractivity contribution in [2.45, 2.75) is 33.9 Å². The molecule has 0 radical (unpaired) electrons. The quantitative estimate of drug-likeness (QED) is 0.854. The summed E-state index contributed by atoms with van der Waals surface area (Å²) >= 11 is 3.00. The van der Waals surface area contributed by atoms with Crippen LogP contribution in [-0.4, -0.2) is 45.0 Å². The van der Waals surface area contributed by atoms with Crippen molar-refractivity contribution >= 4 is 23.5 Å². The second-order valence-electron chi connectivity index (χ2n) is 4.58. The summed E-state index contributed by atoms with van der Waals surface area (Å²) in [5, 5.41) is 28.7. The molecule has 4 nitrogen and oxygen atoms in total. The van der Waals surface area contributed by atoms with E-state index in [0.29, 0.717) is 5.56 Å². The number of hydrogen-bond donors (Lipinski definition) is 2. The number of nitriles is 1. The van der Waals surface area contributed by atoms with Crippen LogP contribution in [0.2, 0.25) is 0 Å². The van der Waals surface area contributed by atoms with Gasteiger partial charge in [0.05, 0.1) is 29.1 Å². The second kappa shape index (κ2) is 5.35. The predicted octanol–water partition coefficient (Wildman–Crippen LogP) is 1.21. The molecule has 0 spiro atoms. The van der Waals surface area contributed by atoms with Crippen LogP contribution in [0.4, 0.5) is 0 Å². The third kappa shape index (κ3) is 2.49. The number of ether oxygens (including phenoxy) is 1. The van der Waals surface area contributed by atoms with E-state index in [1.807, 2.05) is 12.1 Å². The Kier molecular flexibility index (Phi) is 3.74. The summed E-state index contributed by atoms with van der Waals surface area (Å²) in [6, 6.07) is 9.25. The average molecular weight is 295 g/mol. The third-order valence-corrected chi connectivity index (χ3v) is 5.96. The monoisotopic (exact) mass is 295 g/mol. The SMILES string of the molecule is N#Cc1ccc(S[C@@H]2O[C@@H]3CS[C@H]([C@H]2O)[C@@H]3O)cc1. The van der Waals surface area contributed by atoms with Gasteiger partial charge in [-0.2, -0.15) is 17.0 Å². The van der Waals surface area contributed by atoms with Crippen molar-refractivity contribution in [2.75, 3.05) is 5.75 Å². The second-order valence-corrected chi connectivity index (χ2v) is 6.96. The molecule has 19 heavy (non-hydrogen) atoms. The average Bonchev–Trinajstić information content (AvgIpc) is 2.70. The van der Waals surface area contributed by atoms with Gasteiger partial charge in [0.25, 0.3) is 0 Å². The Hall–Kier alpha value is -0.710. The Morgan fingerprint density at radius 3 is 2.68 bits per heavy atom. The van der Waals surface area contributed by atoms with Crippen molar-refractivity contribution < 1.29 is 14.9 Å². The number of nitrogens with zero attached hydrogens (tertiary/aromatic N) is 1. The van der Waals surface area contributed by atoms with E-state index in [2.05, 4.69) is 6.07 Å². The molecule has 2 fully saturated rings. The van der Waals surface area contributed by atoms with E-state index in [9.17, 15) is 10.2 Å². The maximum Gasteiger partial charge on any atom is 0.135 e. The van der Waals surface area contributed by atoms with Crippen LogP contribution >= 0.6 is 23.5 Å². The lowest BCUT2D eigenvalue weighted by molar-refractivity contribution is -0.115. The number of benzene rings is 1. The highest BCUT2D eigenvalue weighted by Gasteiger charge is 2.49. The molecule has 1 aromatic rings. The molecule has 2 N–H and O–H groups in total. The van der Waals surface area contributed by atoms with E-state index in [1.165, 1.54) is 11.8 Å². The van der Waals surface area contributed by atoms with Crippen LogP contribution in [0.1, 0.15) is 5.56 Å². The first kappa shape index (κ1) is 13.3. The number of fused-ring (bicyclic) bond motifs is 2. The van der Waals surface area contributed by atoms with Gasteiger partial charge in [-0.1, -0.05) is 11.8 Å². The summed E-state index contributed by atoms with van der Waals surface area (Å²) < 4.78 is 5.74. The standard InChI is InChI=1S/C13H13NO3S2/c14-5-7-1-3-8(4-2-7)19-13-11(16)12-10(15)9(17-13)6-18-12/h1-4,9-13,15-16H,6H2/t9-,10-,11-,12+,13+/m1/s1. The first-order valence-electron chi connectivity index (χ1n) is 5.99. The molecule has 0 saturated carbocycles. The first-order valence-corrected chi connectivity index (χ1v) is 7.92. The Morgan fingerprint density at radius 2 is 2.00 bits per heavy atom. The highest BCUT2D eigenvalue weighted by molar-refractivity contribution is 8.01. The lowest BCUT2D eigenvalue weighted by atomic mass is 10.0. The zero-order valence-corrected chi connectivity index (χ0v) is 11.6. The van der Waals surface area contributed by atoms with Gasteiger partial charge < -0.3 is 14.9 Å².